The number of piperidine rings is 1. The molecule has 1 fully saturated rings. The molecule has 1 aliphatic rings. The van der Waals surface area contributed by atoms with Gasteiger partial charge in [0, 0.05) is 23.8 Å². The number of carbonyl (C=O) groups excluding carboxylic acids is 2. The first-order valence-electron chi connectivity index (χ1n) is 13.8. The van der Waals surface area contributed by atoms with E-state index in [4.69, 9.17) is 0 Å². The molecule has 38 heavy (non-hydrogen) atoms. The van der Waals surface area contributed by atoms with E-state index in [1.165, 1.54) is 5.56 Å². The predicted molar refractivity (Wildman–Crippen MR) is 156 cm³/mol. The topological polar surface area (TPSA) is 73.5 Å². The Hall–Kier alpha value is -3.64. The van der Waals surface area contributed by atoms with Gasteiger partial charge in [-0.1, -0.05) is 68.4 Å². The summed E-state index contributed by atoms with van der Waals surface area (Å²) in [5.74, 6) is 0.569. The molecule has 0 aromatic heterocycles. The van der Waals surface area contributed by atoms with Crippen LogP contribution in [0.2, 0.25) is 0 Å². The third-order valence-electron chi connectivity index (χ3n) is 7.17. The Bertz CT molecular complexity index is 1170. The van der Waals surface area contributed by atoms with Crippen LogP contribution in [-0.2, 0) is 4.79 Å². The fraction of sp³-hybridized carbons (Fsp3) is 0.375. The zero-order chi connectivity index (χ0) is 26.7. The highest BCUT2D eigenvalue weighted by Crippen LogP contribution is 2.30. The molecular formula is C32H40N4O2. The monoisotopic (exact) mass is 512 g/mol. The van der Waals surface area contributed by atoms with Crippen molar-refractivity contribution in [2.75, 3.05) is 36.8 Å². The maximum absolute atomic E-state index is 12.3. The van der Waals surface area contributed by atoms with Gasteiger partial charge in [0.25, 0.3) is 0 Å². The number of hydrogen-bond acceptors (Lipinski definition) is 3. The van der Waals surface area contributed by atoms with E-state index in [0.29, 0.717) is 12.5 Å². The van der Waals surface area contributed by atoms with Crippen LogP contribution < -0.4 is 16.0 Å². The summed E-state index contributed by atoms with van der Waals surface area (Å²) in [7, 11) is 0. The van der Waals surface area contributed by atoms with Crippen molar-refractivity contribution < 1.29 is 9.59 Å². The molecular weight excluding hydrogens is 472 g/mol. The molecule has 1 heterocycles. The van der Waals surface area contributed by atoms with Crippen LogP contribution in [0.4, 0.5) is 16.2 Å². The number of nitrogens with one attached hydrogen (secondary N) is 3. The lowest BCUT2D eigenvalue weighted by atomic mass is 9.89. The SMILES string of the molecule is CC(C)C(=O)Nc1cccc(C2CCN(CCCCNC(=O)Nc3ccc(-c4ccccc4)cc3)CC2)c1. The fourth-order valence-electron chi connectivity index (χ4n) is 4.86. The molecule has 0 aliphatic carbocycles. The van der Waals surface area contributed by atoms with Gasteiger partial charge in [-0.2, -0.15) is 0 Å². The number of unbranched alkanes of at least 4 members (excludes halogenated alkanes) is 1. The van der Waals surface area contributed by atoms with Crippen molar-refractivity contribution in [3.63, 3.8) is 0 Å². The van der Waals surface area contributed by atoms with Crippen molar-refractivity contribution in [3.05, 3.63) is 84.4 Å². The Morgan fingerprint density at radius 2 is 1.53 bits per heavy atom. The summed E-state index contributed by atoms with van der Waals surface area (Å²) < 4.78 is 0. The van der Waals surface area contributed by atoms with Crippen LogP contribution in [0.3, 0.4) is 0 Å². The molecule has 0 atom stereocenters. The van der Waals surface area contributed by atoms with E-state index < -0.39 is 0 Å². The van der Waals surface area contributed by atoms with Crippen LogP contribution in [0.5, 0.6) is 0 Å². The van der Waals surface area contributed by atoms with Gasteiger partial charge in [0.2, 0.25) is 5.91 Å². The standard InChI is InChI=1S/C32H40N4O2/c1-24(2)31(37)34-30-12-8-11-28(23-30)27-17-21-36(22-18-27)20-7-6-19-33-32(38)35-29-15-13-26(14-16-29)25-9-4-3-5-10-25/h3-5,8-16,23-24,27H,6-7,17-22H2,1-2H3,(H,34,37)(H2,33,35,38). The van der Waals surface area contributed by atoms with E-state index >= 15 is 0 Å². The van der Waals surface area contributed by atoms with E-state index in [-0.39, 0.29) is 17.9 Å². The molecule has 0 spiro atoms. The minimum atomic E-state index is -0.162. The Morgan fingerprint density at radius 1 is 0.816 bits per heavy atom. The predicted octanol–water partition coefficient (Wildman–Crippen LogP) is 6.73. The second kappa shape index (κ2) is 13.8. The first-order chi connectivity index (χ1) is 18.5. The van der Waals surface area contributed by atoms with Crippen molar-refractivity contribution in [1.82, 2.24) is 10.2 Å². The smallest absolute Gasteiger partial charge is 0.319 e. The lowest BCUT2D eigenvalue weighted by molar-refractivity contribution is -0.118. The number of rotatable bonds is 10. The van der Waals surface area contributed by atoms with E-state index in [2.05, 4.69) is 45.1 Å². The summed E-state index contributed by atoms with van der Waals surface area (Å²) in [4.78, 5) is 26.8. The highest BCUT2D eigenvalue weighted by molar-refractivity contribution is 5.92. The van der Waals surface area contributed by atoms with Crippen LogP contribution in [0.25, 0.3) is 11.1 Å². The lowest BCUT2D eigenvalue weighted by Crippen LogP contribution is -2.34. The summed E-state index contributed by atoms with van der Waals surface area (Å²) in [5, 5.41) is 8.90. The van der Waals surface area contributed by atoms with Crippen molar-refractivity contribution in [2.45, 2.75) is 45.4 Å². The number of benzene rings is 3. The van der Waals surface area contributed by atoms with Crippen molar-refractivity contribution in [2.24, 2.45) is 5.92 Å². The largest absolute Gasteiger partial charge is 0.338 e. The van der Waals surface area contributed by atoms with E-state index in [0.717, 1.165) is 67.8 Å². The van der Waals surface area contributed by atoms with Gasteiger partial charge < -0.3 is 20.9 Å². The Kier molecular flexibility index (Phi) is 9.93. The summed E-state index contributed by atoms with van der Waals surface area (Å²) in [6.45, 7) is 7.71. The molecule has 1 saturated heterocycles. The minimum Gasteiger partial charge on any atom is -0.338 e. The summed E-state index contributed by atoms with van der Waals surface area (Å²) >= 11 is 0. The number of urea groups is 1. The van der Waals surface area contributed by atoms with E-state index in [1.807, 2.05) is 68.4 Å². The molecule has 0 bridgehead atoms. The number of likely N-dealkylation sites (tertiary alicyclic amines) is 1. The summed E-state index contributed by atoms with van der Waals surface area (Å²) in [6, 6.07) is 26.3. The van der Waals surface area contributed by atoms with Crippen LogP contribution in [0.15, 0.2) is 78.9 Å². The molecule has 0 saturated carbocycles. The third kappa shape index (κ3) is 8.18. The first-order valence-corrected chi connectivity index (χ1v) is 13.8. The third-order valence-corrected chi connectivity index (χ3v) is 7.17. The average molecular weight is 513 g/mol. The van der Waals surface area contributed by atoms with Crippen molar-refractivity contribution in [3.8, 4) is 11.1 Å². The molecule has 0 radical (unpaired) electrons. The zero-order valence-corrected chi connectivity index (χ0v) is 22.6. The highest BCUT2D eigenvalue weighted by Gasteiger charge is 2.20. The molecule has 0 unspecified atom stereocenters. The van der Waals surface area contributed by atoms with Gasteiger partial charge in [-0.25, -0.2) is 4.79 Å². The molecule has 200 valence electrons. The molecule has 1 aliphatic heterocycles. The Labute approximate surface area is 226 Å². The van der Waals surface area contributed by atoms with E-state index in [1.54, 1.807) is 0 Å². The molecule has 3 aromatic carbocycles. The van der Waals surface area contributed by atoms with Gasteiger partial charge in [0.05, 0.1) is 0 Å². The van der Waals surface area contributed by atoms with Gasteiger partial charge in [0.1, 0.15) is 0 Å². The molecule has 4 rings (SSSR count). The number of anilines is 2. The van der Waals surface area contributed by atoms with Crippen LogP contribution >= 0.6 is 0 Å². The first kappa shape index (κ1) is 27.4. The summed E-state index contributed by atoms with van der Waals surface area (Å²) in [6.07, 6.45) is 4.28. The lowest BCUT2D eigenvalue weighted by Gasteiger charge is -2.32. The van der Waals surface area contributed by atoms with Gasteiger partial charge in [0.15, 0.2) is 0 Å². The van der Waals surface area contributed by atoms with Gasteiger partial charge in [-0.3, -0.25) is 4.79 Å². The van der Waals surface area contributed by atoms with Crippen LogP contribution in [-0.4, -0.2) is 43.0 Å². The van der Waals surface area contributed by atoms with Crippen LogP contribution in [0, 0.1) is 5.92 Å². The maximum Gasteiger partial charge on any atom is 0.319 e. The second-order valence-electron chi connectivity index (χ2n) is 10.4. The quantitative estimate of drug-likeness (QED) is 0.264. The van der Waals surface area contributed by atoms with Crippen LogP contribution in [0.1, 0.15) is 51.0 Å². The molecule has 3 amide bonds. The molecule has 6 heteroatoms. The normalized spacial score (nSPS) is 14.3. The maximum atomic E-state index is 12.3. The minimum absolute atomic E-state index is 0.0240. The number of carbonyl (C=O) groups is 2. The summed E-state index contributed by atoms with van der Waals surface area (Å²) in [5.41, 5.74) is 5.29. The zero-order valence-electron chi connectivity index (χ0n) is 22.6. The molecule has 3 N–H and O–H groups in total. The fourth-order valence-corrected chi connectivity index (χ4v) is 4.86. The highest BCUT2D eigenvalue weighted by atomic mass is 16.2. The molecule has 3 aromatic rings. The van der Waals surface area contributed by atoms with Gasteiger partial charge >= 0.3 is 6.03 Å². The van der Waals surface area contributed by atoms with Gasteiger partial charge in [-0.05, 0) is 92.2 Å². The Balaban J connectivity index is 1.10. The van der Waals surface area contributed by atoms with Gasteiger partial charge in [-0.15, -0.1) is 0 Å². The average Bonchev–Trinajstić information content (AvgIpc) is 2.94. The number of nitrogens with zero attached hydrogens (tertiary/aromatic N) is 1. The molecule has 6 nitrogen and oxygen atoms in total. The van der Waals surface area contributed by atoms with Crippen molar-refractivity contribution in [1.29, 1.82) is 0 Å². The Morgan fingerprint density at radius 3 is 2.24 bits per heavy atom. The van der Waals surface area contributed by atoms with Crippen molar-refractivity contribution >= 4 is 23.3 Å². The second-order valence-corrected chi connectivity index (χ2v) is 10.4. The van der Waals surface area contributed by atoms with E-state index in [9.17, 15) is 9.59 Å². The number of hydrogen-bond donors (Lipinski definition) is 3. The number of amides is 3.